The molecule has 2 aromatic rings. The third-order valence-electron chi connectivity index (χ3n) is 3.49. The standard InChI is InChI=1S/C19H22O6/c1-5-18(20)24-11-10-23-13(2)25-16-12-17(21-3)19(22-4)15-9-7-6-8-14(15)16/h5-9,12-13H,1,10-11H2,2-4H3. The SMILES string of the molecule is C=CC(=O)OCCOC(C)Oc1cc(OC)c(OC)c2ccccc12. The second kappa shape index (κ2) is 8.94. The molecular weight excluding hydrogens is 324 g/mol. The molecule has 1 unspecified atom stereocenters. The smallest absolute Gasteiger partial charge is 0.330 e. The van der Waals surface area contributed by atoms with E-state index in [2.05, 4.69) is 6.58 Å². The number of ether oxygens (including phenoxy) is 5. The lowest BCUT2D eigenvalue weighted by Crippen LogP contribution is -2.20. The van der Waals surface area contributed by atoms with Crippen LogP contribution in [-0.2, 0) is 14.3 Å². The van der Waals surface area contributed by atoms with E-state index in [1.807, 2.05) is 24.3 Å². The molecule has 0 N–H and O–H groups in total. The first-order chi connectivity index (χ1) is 12.1. The molecule has 134 valence electrons. The largest absolute Gasteiger partial charge is 0.493 e. The Bertz CT molecular complexity index is 740. The van der Waals surface area contributed by atoms with Gasteiger partial charge in [-0.15, -0.1) is 0 Å². The Morgan fingerprint density at radius 2 is 1.84 bits per heavy atom. The molecule has 25 heavy (non-hydrogen) atoms. The molecule has 1 atom stereocenters. The Kier molecular flexibility index (Phi) is 6.65. The van der Waals surface area contributed by atoms with Crippen molar-refractivity contribution >= 4 is 16.7 Å². The van der Waals surface area contributed by atoms with Crippen LogP contribution in [0.1, 0.15) is 6.92 Å². The van der Waals surface area contributed by atoms with Crippen molar-refractivity contribution in [3.8, 4) is 17.2 Å². The van der Waals surface area contributed by atoms with Crippen LogP contribution in [0.4, 0.5) is 0 Å². The van der Waals surface area contributed by atoms with E-state index >= 15 is 0 Å². The summed E-state index contributed by atoms with van der Waals surface area (Å²) in [5, 5.41) is 1.76. The van der Waals surface area contributed by atoms with Crippen LogP contribution in [0.5, 0.6) is 17.2 Å². The normalized spacial score (nSPS) is 11.6. The van der Waals surface area contributed by atoms with Crippen LogP contribution in [0.15, 0.2) is 43.0 Å². The zero-order valence-corrected chi connectivity index (χ0v) is 14.6. The van der Waals surface area contributed by atoms with Crippen LogP contribution < -0.4 is 14.2 Å². The quantitative estimate of drug-likeness (QED) is 0.300. The maximum Gasteiger partial charge on any atom is 0.330 e. The number of esters is 1. The molecule has 0 aromatic heterocycles. The lowest BCUT2D eigenvalue weighted by Gasteiger charge is -2.19. The third kappa shape index (κ3) is 4.64. The minimum atomic E-state index is -0.538. The van der Waals surface area contributed by atoms with E-state index in [4.69, 9.17) is 23.7 Å². The van der Waals surface area contributed by atoms with Crippen molar-refractivity contribution in [1.82, 2.24) is 0 Å². The Hall–Kier alpha value is -2.73. The summed E-state index contributed by atoms with van der Waals surface area (Å²) in [7, 11) is 3.17. The van der Waals surface area contributed by atoms with Gasteiger partial charge in [0, 0.05) is 22.9 Å². The predicted molar refractivity (Wildman–Crippen MR) is 94.3 cm³/mol. The van der Waals surface area contributed by atoms with Crippen molar-refractivity contribution in [2.45, 2.75) is 13.2 Å². The number of fused-ring (bicyclic) bond motifs is 1. The molecule has 0 aliphatic rings. The molecule has 0 radical (unpaired) electrons. The number of carbonyl (C=O) groups excluding carboxylic acids is 1. The fourth-order valence-electron chi connectivity index (χ4n) is 2.38. The minimum absolute atomic E-state index is 0.130. The molecule has 0 aliphatic carbocycles. The third-order valence-corrected chi connectivity index (χ3v) is 3.49. The zero-order chi connectivity index (χ0) is 18.2. The van der Waals surface area contributed by atoms with Gasteiger partial charge in [-0.1, -0.05) is 30.8 Å². The molecule has 6 nitrogen and oxygen atoms in total. The van der Waals surface area contributed by atoms with Crippen molar-refractivity contribution in [1.29, 1.82) is 0 Å². The number of rotatable bonds is 9. The summed E-state index contributed by atoms with van der Waals surface area (Å²) in [6.07, 6.45) is 0.569. The van der Waals surface area contributed by atoms with Gasteiger partial charge < -0.3 is 23.7 Å². The average molecular weight is 346 g/mol. The lowest BCUT2D eigenvalue weighted by atomic mass is 10.1. The van der Waals surface area contributed by atoms with Gasteiger partial charge in [0.1, 0.15) is 12.4 Å². The van der Waals surface area contributed by atoms with Crippen LogP contribution in [0.25, 0.3) is 10.8 Å². The van der Waals surface area contributed by atoms with Gasteiger partial charge >= 0.3 is 5.97 Å². The summed E-state index contributed by atoms with van der Waals surface area (Å²) in [4.78, 5) is 11.0. The lowest BCUT2D eigenvalue weighted by molar-refractivity contribution is -0.142. The molecule has 2 rings (SSSR count). The summed E-state index contributed by atoms with van der Waals surface area (Å²) in [6, 6.07) is 9.47. The molecule has 0 fully saturated rings. The van der Waals surface area contributed by atoms with E-state index < -0.39 is 12.3 Å². The van der Waals surface area contributed by atoms with Gasteiger partial charge in [0.25, 0.3) is 0 Å². The van der Waals surface area contributed by atoms with Crippen LogP contribution >= 0.6 is 0 Å². The highest BCUT2D eigenvalue weighted by Crippen LogP contribution is 2.41. The van der Waals surface area contributed by atoms with Crippen LogP contribution in [0.3, 0.4) is 0 Å². The first-order valence-electron chi connectivity index (χ1n) is 7.81. The predicted octanol–water partition coefficient (Wildman–Crippen LogP) is 3.33. The Balaban J connectivity index is 2.12. The summed E-state index contributed by atoms with van der Waals surface area (Å²) in [5.74, 6) is 1.35. The molecule has 6 heteroatoms. The number of benzene rings is 2. The first kappa shape index (κ1) is 18.6. The number of methoxy groups -OCH3 is 2. The maximum atomic E-state index is 11.0. The van der Waals surface area contributed by atoms with Crippen LogP contribution in [0, 0.1) is 0 Å². The summed E-state index contributed by atoms with van der Waals surface area (Å²) in [6.45, 7) is 5.44. The average Bonchev–Trinajstić information content (AvgIpc) is 2.64. The summed E-state index contributed by atoms with van der Waals surface area (Å²) < 4.78 is 27.1. The van der Waals surface area contributed by atoms with E-state index in [0.29, 0.717) is 17.2 Å². The van der Waals surface area contributed by atoms with Gasteiger partial charge in [-0.25, -0.2) is 4.79 Å². The van der Waals surface area contributed by atoms with Crippen molar-refractivity contribution in [3.63, 3.8) is 0 Å². The highest BCUT2D eigenvalue weighted by atomic mass is 16.7. The van der Waals surface area contributed by atoms with Gasteiger partial charge in [-0.05, 0) is 6.92 Å². The molecule has 0 heterocycles. The maximum absolute atomic E-state index is 11.0. The molecular formula is C19H22O6. The number of hydrogen-bond acceptors (Lipinski definition) is 6. The molecule has 0 amide bonds. The molecule has 0 bridgehead atoms. The van der Waals surface area contributed by atoms with E-state index in [1.54, 1.807) is 27.2 Å². The highest BCUT2D eigenvalue weighted by molar-refractivity contribution is 5.95. The summed E-state index contributed by atoms with van der Waals surface area (Å²) >= 11 is 0. The van der Waals surface area contributed by atoms with E-state index in [1.165, 1.54) is 0 Å². The molecule has 0 saturated heterocycles. The van der Waals surface area contributed by atoms with Crippen LogP contribution in [-0.4, -0.2) is 39.7 Å². The fraction of sp³-hybridized carbons (Fsp3) is 0.316. The molecule has 0 saturated carbocycles. The monoisotopic (exact) mass is 346 g/mol. The minimum Gasteiger partial charge on any atom is -0.493 e. The second-order valence-corrected chi connectivity index (χ2v) is 5.08. The van der Waals surface area contributed by atoms with E-state index in [9.17, 15) is 4.79 Å². The van der Waals surface area contributed by atoms with Gasteiger partial charge in [-0.2, -0.15) is 0 Å². The Labute approximate surface area is 146 Å². The fourth-order valence-corrected chi connectivity index (χ4v) is 2.38. The van der Waals surface area contributed by atoms with E-state index in [-0.39, 0.29) is 13.2 Å². The van der Waals surface area contributed by atoms with Gasteiger partial charge in [-0.3, -0.25) is 0 Å². The zero-order valence-electron chi connectivity index (χ0n) is 14.6. The van der Waals surface area contributed by atoms with Crippen molar-refractivity contribution in [3.05, 3.63) is 43.0 Å². The molecule has 0 spiro atoms. The second-order valence-electron chi connectivity index (χ2n) is 5.08. The first-order valence-corrected chi connectivity index (χ1v) is 7.81. The van der Waals surface area contributed by atoms with E-state index in [0.717, 1.165) is 16.8 Å². The Morgan fingerprint density at radius 1 is 1.12 bits per heavy atom. The Morgan fingerprint density at radius 3 is 2.48 bits per heavy atom. The van der Waals surface area contributed by atoms with Crippen molar-refractivity contribution in [2.24, 2.45) is 0 Å². The van der Waals surface area contributed by atoms with Crippen molar-refractivity contribution < 1.29 is 28.5 Å². The van der Waals surface area contributed by atoms with Gasteiger partial charge in [0.2, 0.25) is 0 Å². The number of hydrogen-bond donors (Lipinski definition) is 0. The van der Waals surface area contributed by atoms with Crippen molar-refractivity contribution in [2.75, 3.05) is 27.4 Å². The number of carbonyl (C=O) groups is 1. The summed E-state index contributed by atoms with van der Waals surface area (Å²) in [5.41, 5.74) is 0. The molecule has 0 aliphatic heterocycles. The highest BCUT2D eigenvalue weighted by Gasteiger charge is 2.16. The van der Waals surface area contributed by atoms with Gasteiger partial charge in [0.05, 0.1) is 20.8 Å². The van der Waals surface area contributed by atoms with Gasteiger partial charge in [0.15, 0.2) is 17.8 Å². The topological polar surface area (TPSA) is 63.2 Å². The van der Waals surface area contributed by atoms with Crippen LogP contribution in [0.2, 0.25) is 0 Å². The molecule has 2 aromatic carbocycles.